The lowest BCUT2D eigenvalue weighted by atomic mass is 10.1. The smallest absolute Gasteiger partial charge is 0.418 e. The van der Waals surface area contributed by atoms with E-state index in [4.69, 9.17) is 4.74 Å². The second-order valence-corrected chi connectivity index (χ2v) is 6.18. The van der Waals surface area contributed by atoms with Gasteiger partial charge in [-0.1, -0.05) is 54.6 Å². The summed E-state index contributed by atoms with van der Waals surface area (Å²) in [6.45, 7) is 1.48. The molecule has 0 saturated heterocycles. The number of nitrogens with one attached hydrogen (secondary N) is 1. The highest BCUT2D eigenvalue weighted by molar-refractivity contribution is 5.94. The summed E-state index contributed by atoms with van der Waals surface area (Å²) >= 11 is 0. The Morgan fingerprint density at radius 2 is 1.43 bits per heavy atom. The summed E-state index contributed by atoms with van der Waals surface area (Å²) in [6.07, 6.45) is -5.52. The summed E-state index contributed by atoms with van der Waals surface area (Å²) in [5, 5.41) is 2.29. The molecule has 6 heteroatoms. The summed E-state index contributed by atoms with van der Waals surface area (Å²) in [5.74, 6) is -0.213. The molecule has 0 spiro atoms. The van der Waals surface area contributed by atoms with Crippen LogP contribution in [-0.4, -0.2) is 12.0 Å². The summed E-state index contributed by atoms with van der Waals surface area (Å²) in [6, 6.07) is 21.7. The van der Waals surface area contributed by atoms with Gasteiger partial charge in [0, 0.05) is 0 Å². The van der Waals surface area contributed by atoms with Crippen molar-refractivity contribution in [2.45, 2.75) is 19.2 Å². The van der Waals surface area contributed by atoms with Gasteiger partial charge in [0.25, 0.3) is 5.91 Å². The van der Waals surface area contributed by atoms with Crippen LogP contribution in [0.4, 0.5) is 18.9 Å². The van der Waals surface area contributed by atoms with Gasteiger partial charge >= 0.3 is 6.18 Å². The molecule has 0 radical (unpaired) electrons. The topological polar surface area (TPSA) is 38.3 Å². The second-order valence-electron chi connectivity index (χ2n) is 6.18. The Bertz CT molecular complexity index is 938. The Balaban J connectivity index is 1.67. The van der Waals surface area contributed by atoms with Gasteiger partial charge < -0.3 is 10.1 Å². The first-order chi connectivity index (χ1) is 13.3. The molecule has 144 valence electrons. The number of rotatable bonds is 5. The van der Waals surface area contributed by atoms with Crippen LogP contribution >= 0.6 is 0 Å². The van der Waals surface area contributed by atoms with Crippen LogP contribution < -0.4 is 10.1 Å². The highest BCUT2D eigenvalue weighted by atomic mass is 19.4. The van der Waals surface area contributed by atoms with Crippen molar-refractivity contribution < 1.29 is 22.7 Å². The highest BCUT2D eigenvalue weighted by Crippen LogP contribution is 2.34. The molecule has 0 aliphatic rings. The van der Waals surface area contributed by atoms with Gasteiger partial charge in [-0.15, -0.1) is 0 Å². The normalized spacial score (nSPS) is 12.3. The minimum absolute atomic E-state index is 0.296. The van der Waals surface area contributed by atoms with Crippen molar-refractivity contribution in [3.63, 3.8) is 0 Å². The highest BCUT2D eigenvalue weighted by Gasteiger charge is 2.34. The average Bonchev–Trinajstić information content (AvgIpc) is 2.69. The van der Waals surface area contributed by atoms with E-state index in [-0.39, 0.29) is 5.69 Å². The molecule has 0 aromatic heterocycles. The third-order valence-electron chi connectivity index (χ3n) is 4.13. The van der Waals surface area contributed by atoms with Gasteiger partial charge in [-0.05, 0) is 42.3 Å². The standard InChI is InChI=1S/C22H18F3NO2/c1-15(21(27)26-20-10-6-5-9-19(20)22(23,24)25)28-18-13-11-17(12-14-18)16-7-3-2-4-8-16/h2-15H,1H3,(H,26,27)/t15-/m0/s1. The largest absolute Gasteiger partial charge is 0.481 e. The van der Waals surface area contributed by atoms with Crippen molar-refractivity contribution in [3.8, 4) is 16.9 Å². The van der Waals surface area contributed by atoms with Gasteiger partial charge in [-0.25, -0.2) is 0 Å². The molecule has 28 heavy (non-hydrogen) atoms. The SMILES string of the molecule is C[C@H](Oc1ccc(-c2ccccc2)cc1)C(=O)Nc1ccccc1C(F)(F)F. The Morgan fingerprint density at radius 3 is 2.07 bits per heavy atom. The van der Waals surface area contributed by atoms with E-state index >= 15 is 0 Å². The Hall–Kier alpha value is -3.28. The van der Waals surface area contributed by atoms with Crippen LogP contribution in [0.15, 0.2) is 78.9 Å². The van der Waals surface area contributed by atoms with E-state index < -0.39 is 23.8 Å². The van der Waals surface area contributed by atoms with Gasteiger partial charge in [-0.3, -0.25) is 4.79 Å². The van der Waals surface area contributed by atoms with Gasteiger partial charge in [0.05, 0.1) is 11.3 Å². The van der Waals surface area contributed by atoms with Crippen molar-refractivity contribution in [1.29, 1.82) is 0 Å². The maximum atomic E-state index is 13.0. The zero-order valence-corrected chi connectivity index (χ0v) is 15.0. The third kappa shape index (κ3) is 4.71. The fourth-order valence-electron chi connectivity index (χ4n) is 2.69. The van der Waals surface area contributed by atoms with Crippen LogP contribution in [0, 0.1) is 0 Å². The number of carbonyl (C=O) groups is 1. The van der Waals surface area contributed by atoms with Crippen molar-refractivity contribution >= 4 is 11.6 Å². The maximum Gasteiger partial charge on any atom is 0.418 e. The number of hydrogen-bond donors (Lipinski definition) is 1. The van der Waals surface area contributed by atoms with E-state index in [0.717, 1.165) is 17.2 Å². The van der Waals surface area contributed by atoms with Crippen LogP contribution in [-0.2, 0) is 11.0 Å². The molecule has 0 heterocycles. The van der Waals surface area contributed by atoms with Crippen LogP contribution in [0.3, 0.4) is 0 Å². The van der Waals surface area contributed by atoms with E-state index in [9.17, 15) is 18.0 Å². The summed E-state index contributed by atoms with van der Waals surface area (Å²) in [7, 11) is 0. The Labute approximate surface area is 160 Å². The Kier molecular flexibility index (Phi) is 5.68. The molecular formula is C22H18F3NO2. The number of anilines is 1. The number of benzene rings is 3. The molecule has 0 aliphatic carbocycles. The van der Waals surface area contributed by atoms with Gasteiger partial charge in [0.1, 0.15) is 5.75 Å². The van der Waals surface area contributed by atoms with E-state index in [1.807, 2.05) is 42.5 Å². The van der Waals surface area contributed by atoms with Crippen LogP contribution in [0.1, 0.15) is 12.5 Å². The average molecular weight is 385 g/mol. The molecule has 0 aliphatic heterocycles. The zero-order chi connectivity index (χ0) is 20.1. The molecule has 0 bridgehead atoms. The first-order valence-electron chi connectivity index (χ1n) is 8.64. The quantitative estimate of drug-likeness (QED) is 0.605. The minimum atomic E-state index is -4.55. The first-order valence-corrected chi connectivity index (χ1v) is 8.64. The molecular weight excluding hydrogens is 367 g/mol. The number of para-hydroxylation sites is 1. The van der Waals surface area contributed by atoms with Crippen molar-refractivity contribution in [1.82, 2.24) is 0 Å². The zero-order valence-electron chi connectivity index (χ0n) is 15.0. The molecule has 0 unspecified atom stereocenters. The molecule has 0 saturated carbocycles. The predicted molar refractivity (Wildman–Crippen MR) is 102 cm³/mol. The van der Waals surface area contributed by atoms with Crippen molar-refractivity contribution in [3.05, 3.63) is 84.4 Å². The molecule has 1 N–H and O–H groups in total. The van der Waals surface area contributed by atoms with Crippen LogP contribution in [0.2, 0.25) is 0 Å². The molecule has 1 amide bonds. The summed E-state index contributed by atoms with van der Waals surface area (Å²) < 4.78 is 44.7. The van der Waals surface area contributed by atoms with E-state index in [1.54, 1.807) is 12.1 Å². The molecule has 3 aromatic carbocycles. The fourth-order valence-corrected chi connectivity index (χ4v) is 2.69. The maximum absolute atomic E-state index is 13.0. The van der Waals surface area contributed by atoms with Crippen molar-refractivity contribution in [2.75, 3.05) is 5.32 Å². The molecule has 0 fully saturated rings. The van der Waals surface area contributed by atoms with E-state index in [1.165, 1.54) is 25.1 Å². The molecule has 3 rings (SSSR count). The lowest BCUT2D eigenvalue weighted by Crippen LogP contribution is -2.31. The minimum Gasteiger partial charge on any atom is -0.481 e. The predicted octanol–water partition coefficient (Wildman–Crippen LogP) is 5.78. The second kappa shape index (κ2) is 8.17. The lowest BCUT2D eigenvalue weighted by Gasteiger charge is -2.17. The van der Waals surface area contributed by atoms with Gasteiger partial charge in [-0.2, -0.15) is 13.2 Å². The number of ether oxygens (including phenoxy) is 1. The summed E-state index contributed by atoms with van der Waals surface area (Å²) in [5.41, 5.74) is 0.838. The van der Waals surface area contributed by atoms with E-state index in [0.29, 0.717) is 5.75 Å². The van der Waals surface area contributed by atoms with Crippen molar-refractivity contribution in [2.24, 2.45) is 0 Å². The molecule has 3 aromatic rings. The van der Waals surface area contributed by atoms with Crippen LogP contribution in [0.25, 0.3) is 11.1 Å². The number of amides is 1. The summed E-state index contributed by atoms with van der Waals surface area (Å²) in [4.78, 5) is 12.3. The monoisotopic (exact) mass is 385 g/mol. The Morgan fingerprint density at radius 1 is 0.857 bits per heavy atom. The number of hydrogen-bond acceptors (Lipinski definition) is 2. The van der Waals surface area contributed by atoms with Gasteiger partial charge in [0.2, 0.25) is 0 Å². The van der Waals surface area contributed by atoms with Crippen LogP contribution in [0.5, 0.6) is 5.75 Å². The number of carbonyl (C=O) groups excluding carboxylic acids is 1. The first kappa shape index (κ1) is 19.5. The molecule has 3 nitrogen and oxygen atoms in total. The molecule has 1 atom stereocenters. The third-order valence-corrected chi connectivity index (χ3v) is 4.13. The number of halogens is 3. The fraction of sp³-hybridized carbons (Fsp3) is 0.136. The lowest BCUT2D eigenvalue weighted by molar-refractivity contribution is -0.137. The van der Waals surface area contributed by atoms with Gasteiger partial charge in [0.15, 0.2) is 6.10 Å². The number of alkyl halides is 3. The van der Waals surface area contributed by atoms with E-state index in [2.05, 4.69) is 5.32 Å².